The summed E-state index contributed by atoms with van der Waals surface area (Å²) in [6.07, 6.45) is 4.39. The van der Waals surface area contributed by atoms with Crippen molar-refractivity contribution in [3.05, 3.63) is 45.4 Å². The first-order valence-electron chi connectivity index (χ1n) is 22.0. The van der Waals surface area contributed by atoms with E-state index in [2.05, 4.69) is 25.8 Å². The number of amides is 5. The van der Waals surface area contributed by atoms with E-state index in [9.17, 15) is 19.2 Å². The molecule has 0 aromatic heterocycles. The van der Waals surface area contributed by atoms with Gasteiger partial charge in [0.2, 0.25) is 0 Å². The second-order valence-corrected chi connectivity index (χ2v) is 18.2. The van der Waals surface area contributed by atoms with Gasteiger partial charge < -0.3 is 61.1 Å². The molecule has 5 amide bonds. The van der Waals surface area contributed by atoms with Gasteiger partial charge in [0, 0.05) is 106 Å². The predicted molar refractivity (Wildman–Crippen MR) is 256 cm³/mol. The van der Waals surface area contributed by atoms with Crippen molar-refractivity contribution in [2.45, 2.75) is 37.9 Å². The first-order valence-corrected chi connectivity index (χ1v) is 23.2. The zero-order chi connectivity index (χ0) is 47.6. The number of morpholine rings is 2. The number of nitrogens with one attached hydrogen (secondary N) is 3. The standard InChI is InChI=1S/C22H34ClN5O4.C19H29ClN4O3.C3H6ClNO/c1-26(2)22(30)28-6-4-15(5-7-28)13-27-8-9-32-16(14-27)12-25-21(29)17-10-18(23)19(24)11-20(17)31-3;1-26-18-9-17(21)16(20)8-15(18)19(25)23-10-14-12-24(6-7-27-14)11-13-2-4-22-5-3-13;1-5(2)3(4)6/h10-11,15-16H,4-9,12-14,24H2,1-3H3,(H,25,29);8-9,13-14,22H,2-7,10-12,21H2,1H3,(H,23,25);1-2H3. The Morgan fingerprint density at radius 3 is 1.51 bits per heavy atom. The van der Waals surface area contributed by atoms with Crippen molar-refractivity contribution in [3.63, 3.8) is 0 Å². The van der Waals surface area contributed by atoms with E-state index < -0.39 is 5.37 Å². The molecule has 7 N–H and O–H groups in total. The number of nitrogen functional groups attached to an aromatic ring is 2. The van der Waals surface area contributed by atoms with Crippen LogP contribution in [-0.4, -0.2) is 194 Å². The number of benzene rings is 2. The molecule has 21 heteroatoms. The van der Waals surface area contributed by atoms with Crippen molar-refractivity contribution >= 4 is 69.4 Å². The third-order valence-electron chi connectivity index (χ3n) is 11.7. The highest BCUT2D eigenvalue weighted by Crippen LogP contribution is 2.30. The molecule has 0 bridgehead atoms. The van der Waals surface area contributed by atoms with Gasteiger partial charge >= 0.3 is 11.4 Å². The van der Waals surface area contributed by atoms with E-state index in [0.29, 0.717) is 76.3 Å². The molecule has 4 aliphatic heterocycles. The lowest BCUT2D eigenvalue weighted by Gasteiger charge is -2.38. The van der Waals surface area contributed by atoms with Crippen molar-refractivity contribution in [1.29, 1.82) is 0 Å². The summed E-state index contributed by atoms with van der Waals surface area (Å²) in [6, 6.07) is 6.26. The highest BCUT2D eigenvalue weighted by molar-refractivity contribution is 6.62. The molecule has 2 aromatic carbocycles. The number of carbonyl (C=O) groups excluding carboxylic acids is 4. The molecule has 4 saturated heterocycles. The van der Waals surface area contributed by atoms with Gasteiger partial charge in [-0.15, -0.1) is 0 Å². The Kier molecular flexibility index (Phi) is 22.2. The lowest BCUT2D eigenvalue weighted by atomic mass is 9.96. The number of urea groups is 1. The highest BCUT2D eigenvalue weighted by atomic mass is 35.5. The summed E-state index contributed by atoms with van der Waals surface area (Å²) in [4.78, 5) is 56.9. The molecule has 0 aliphatic carbocycles. The summed E-state index contributed by atoms with van der Waals surface area (Å²) in [5, 5.41) is 9.48. The van der Waals surface area contributed by atoms with Crippen LogP contribution in [0.2, 0.25) is 10.0 Å². The number of likely N-dealkylation sites (tertiary alicyclic amines) is 1. The fourth-order valence-electron chi connectivity index (χ4n) is 7.96. The Bertz CT molecular complexity index is 1870. The number of anilines is 2. The minimum absolute atomic E-state index is 0.0142. The van der Waals surface area contributed by atoms with Crippen molar-refractivity contribution in [3.8, 4) is 11.5 Å². The second kappa shape index (κ2) is 27.0. The van der Waals surface area contributed by atoms with Gasteiger partial charge in [-0.2, -0.15) is 0 Å². The van der Waals surface area contributed by atoms with Crippen LogP contribution in [0.1, 0.15) is 46.4 Å². The maximum absolute atomic E-state index is 12.7. The number of nitrogens with two attached hydrogens (primary N) is 2. The predicted octanol–water partition coefficient (Wildman–Crippen LogP) is 4.02. The van der Waals surface area contributed by atoms with Gasteiger partial charge in [-0.3, -0.25) is 24.2 Å². The molecule has 0 radical (unpaired) electrons. The van der Waals surface area contributed by atoms with E-state index in [1.54, 1.807) is 45.2 Å². The first-order chi connectivity index (χ1) is 31.0. The summed E-state index contributed by atoms with van der Waals surface area (Å²) >= 11 is 17.0. The Morgan fingerprint density at radius 1 is 0.708 bits per heavy atom. The van der Waals surface area contributed by atoms with E-state index in [0.717, 1.165) is 84.2 Å². The van der Waals surface area contributed by atoms with Crippen molar-refractivity contribution in [1.82, 2.24) is 40.4 Å². The average Bonchev–Trinajstić information content (AvgIpc) is 3.29. The molecule has 2 atom stereocenters. The summed E-state index contributed by atoms with van der Waals surface area (Å²) < 4.78 is 22.2. The quantitative estimate of drug-likeness (QED) is 0.116. The molecule has 0 saturated carbocycles. The van der Waals surface area contributed by atoms with Crippen LogP contribution in [0.3, 0.4) is 0 Å². The number of piperidine rings is 2. The molecule has 18 nitrogen and oxygen atoms in total. The Labute approximate surface area is 398 Å². The van der Waals surface area contributed by atoms with Gasteiger partial charge in [0.05, 0.1) is 72.2 Å². The molecule has 4 fully saturated rings. The van der Waals surface area contributed by atoms with Crippen LogP contribution >= 0.6 is 34.8 Å². The highest BCUT2D eigenvalue weighted by Gasteiger charge is 2.29. The molecule has 65 heavy (non-hydrogen) atoms. The van der Waals surface area contributed by atoms with E-state index in [-0.39, 0.29) is 30.1 Å². The van der Waals surface area contributed by atoms with Crippen LogP contribution in [0.15, 0.2) is 24.3 Å². The van der Waals surface area contributed by atoms with Gasteiger partial charge in [0.1, 0.15) is 11.5 Å². The normalized spacial score (nSPS) is 19.7. The fraction of sp³-hybridized carbons (Fsp3) is 0.636. The Morgan fingerprint density at radius 2 is 1.12 bits per heavy atom. The van der Waals surface area contributed by atoms with E-state index in [4.69, 9.17) is 65.2 Å². The van der Waals surface area contributed by atoms with Crippen LogP contribution in [0.25, 0.3) is 0 Å². The van der Waals surface area contributed by atoms with Crippen LogP contribution in [0, 0.1) is 11.8 Å². The molecule has 2 unspecified atom stereocenters. The number of hydrogen-bond acceptors (Lipinski definition) is 13. The van der Waals surface area contributed by atoms with Gasteiger partial charge in [0.15, 0.2) is 0 Å². The SMILES string of the molecule is CN(C)C(=O)Cl.COc1cc(N)c(Cl)cc1C(=O)NCC1CN(CC2CCN(C(=O)N(C)C)CC2)CCO1.COc1cc(N)c(Cl)cc1C(=O)NCC1CN(CC2CCNCC2)CCO1. The molecule has 0 spiro atoms. The zero-order valence-corrected chi connectivity index (χ0v) is 40.9. The zero-order valence-electron chi connectivity index (χ0n) is 38.6. The van der Waals surface area contributed by atoms with E-state index >= 15 is 0 Å². The van der Waals surface area contributed by atoms with Gasteiger partial charge in [-0.05, 0) is 74.3 Å². The van der Waals surface area contributed by atoms with Crippen LogP contribution in [0.4, 0.5) is 21.0 Å². The monoisotopic (exact) mass is 970 g/mol. The number of carbonyl (C=O) groups is 4. The summed E-state index contributed by atoms with van der Waals surface area (Å²) in [5.41, 5.74) is 13.0. The topological polar surface area (TPSA) is 210 Å². The molecular weight excluding hydrogens is 903 g/mol. The van der Waals surface area contributed by atoms with Gasteiger partial charge in [-0.25, -0.2) is 4.79 Å². The van der Waals surface area contributed by atoms with Crippen molar-refractivity contribution < 1.29 is 38.1 Å². The number of rotatable bonds is 12. The smallest absolute Gasteiger partial charge is 0.319 e. The van der Waals surface area contributed by atoms with E-state index in [1.807, 2.05) is 4.90 Å². The Hall–Kier alpha value is -4.01. The first kappa shape index (κ1) is 53.6. The number of halogens is 3. The van der Waals surface area contributed by atoms with Gasteiger partial charge in [0.25, 0.3) is 11.8 Å². The maximum Gasteiger partial charge on any atom is 0.319 e. The minimum atomic E-state index is -0.435. The van der Waals surface area contributed by atoms with Crippen LogP contribution in [-0.2, 0) is 9.47 Å². The lowest BCUT2D eigenvalue weighted by Crippen LogP contribution is -2.50. The molecule has 2 aromatic rings. The number of hydrogen-bond donors (Lipinski definition) is 5. The fourth-order valence-corrected chi connectivity index (χ4v) is 8.29. The molecule has 364 valence electrons. The summed E-state index contributed by atoms with van der Waals surface area (Å²) in [5.74, 6) is 1.59. The van der Waals surface area contributed by atoms with Gasteiger partial charge in [-0.1, -0.05) is 23.2 Å². The minimum Gasteiger partial charge on any atom is -0.496 e. The van der Waals surface area contributed by atoms with Crippen LogP contribution in [0.5, 0.6) is 11.5 Å². The third kappa shape index (κ3) is 17.3. The molecule has 4 aliphatic rings. The largest absolute Gasteiger partial charge is 0.496 e. The number of nitrogens with zero attached hydrogens (tertiary/aromatic N) is 5. The van der Waals surface area contributed by atoms with Crippen LogP contribution < -0.4 is 36.9 Å². The number of ether oxygens (including phenoxy) is 4. The average molecular weight is 972 g/mol. The molecule has 6 rings (SSSR count). The molecule has 4 heterocycles. The molecular formula is C44H69Cl3N10O8. The van der Waals surface area contributed by atoms with Crippen molar-refractivity contribution in [2.75, 3.05) is 146 Å². The maximum atomic E-state index is 12.7. The summed E-state index contributed by atoms with van der Waals surface area (Å²) in [6.45, 7) is 11.5. The van der Waals surface area contributed by atoms with E-state index in [1.165, 1.54) is 44.1 Å². The number of methoxy groups -OCH3 is 2. The second-order valence-electron chi connectivity index (χ2n) is 17.0. The Balaban J connectivity index is 0.000000255. The summed E-state index contributed by atoms with van der Waals surface area (Å²) in [7, 11) is 9.76. The lowest BCUT2D eigenvalue weighted by molar-refractivity contribution is -0.0331. The van der Waals surface area contributed by atoms with Crippen molar-refractivity contribution in [2.24, 2.45) is 11.8 Å². The third-order valence-corrected chi connectivity index (χ3v) is 12.7.